The quantitative estimate of drug-likeness (QED) is 0.0175. The number of rotatable bonds is 40. The molecule has 11 atom stereocenters. The standard InChI is InChI=1S/C56H92O15/c1-3-5-7-9-11-13-15-17-19-21-22-23-25-27-29-31-33-35-37-39-48(59)69-44(41-66-47(58)38-36-34-32-30-28-26-24-20-18-16-14-12-10-8-6-4-2)42-67-55-54(65)52(63)50(61)46(71-55)43-68-56-53(64)51(62)49(60)45(40-57)70-56/h5,7,11,13,17,19-20,22-24,27,29,33,35,44-46,49-57,60-65H,3-4,6,8-10,12,14-16,18,21,25-26,28,30-32,34,36-43H2,1-2H3/b7-5-,13-11-,19-17-,23-22-,24-20-,29-27-,35-33-. The number of ether oxygens (including phenoxy) is 6. The van der Waals surface area contributed by atoms with Crippen LogP contribution in [0, 0.1) is 0 Å². The number of aliphatic hydroxyl groups excluding tert-OH is 7. The summed E-state index contributed by atoms with van der Waals surface area (Å²) in [5.41, 5.74) is 0. The number of hydrogen-bond acceptors (Lipinski definition) is 15. The maximum absolute atomic E-state index is 13.0. The Kier molecular flexibility index (Phi) is 37.8. The number of carbonyl (C=O) groups is 2. The maximum Gasteiger partial charge on any atom is 0.306 e. The third-order valence-corrected chi connectivity index (χ3v) is 12.1. The number of hydrogen-bond donors (Lipinski definition) is 7. The molecule has 71 heavy (non-hydrogen) atoms. The first-order valence-electron chi connectivity index (χ1n) is 26.7. The minimum absolute atomic E-state index is 0.0341. The molecule has 2 saturated heterocycles. The van der Waals surface area contributed by atoms with Crippen LogP contribution in [0.4, 0.5) is 0 Å². The summed E-state index contributed by atoms with van der Waals surface area (Å²) in [5, 5.41) is 72.1. The minimum Gasteiger partial charge on any atom is -0.462 e. The van der Waals surface area contributed by atoms with E-state index in [0.717, 1.165) is 70.6 Å². The molecule has 0 bridgehead atoms. The van der Waals surface area contributed by atoms with E-state index < -0.39 is 99.3 Å². The van der Waals surface area contributed by atoms with Crippen LogP contribution in [0.1, 0.15) is 162 Å². The molecule has 0 spiro atoms. The van der Waals surface area contributed by atoms with Gasteiger partial charge in [-0.05, 0) is 77.0 Å². The van der Waals surface area contributed by atoms with E-state index in [9.17, 15) is 45.3 Å². The van der Waals surface area contributed by atoms with E-state index >= 15 is 0 Å². The Morgan fingerprint density at radius 3 is 1.45 bits per heavy atom. The zero-order valence-electron chi connectivity index (χ0n) is 42.9. The summed E-state index contributed by atoms with van der Waals surface area (Å²) in [5.74, 6) is -1.04. The van der Waals surface area contributed by atoms with Gasteiger partial charge in [-0.3, -0.25) is 9.59 Å². The summed E-state index contributed by atoms with van der Waals surface area (Å²) >= 11 is 0. The molecule has 15 nitrogen and oxygen atoms in total. The van der Waals surface area contributed by atoms with Crippen molar-refractivity contribution >= 4 is 11.9 Å². The van der Waals surface area contributed by atoms with E-state index in [1.54, 1.807) is 0 Å². The van der Waals surface area contributed by atoms with E-state index in [4.69, 9.17) is 28.4 Å². The molecule has 2 aliphatic heterocycles. The monoisotopic (exact) mass is 1000 g/mol. The Bertz CT molecular complexity index is 1560. The molecule has 2 rings (SSSR count). The first kappa shape index (κ1) is 63.8. The van der Waals surface area contributed by atoms with Gasteiger partial charge in [-0.1, -0.05) is 157 Å². The molecule has 0 radical (unpaired) electrons. The molecule has 7 N–H and O–H groups in total. The van der Waals surface area contributed by atoms with Gasteiger partial charge in [0.05, 0.1) is 19.8 Å². The SMILES string of the molecule is CC/C=C\C/C=C\C/C=C\C/C=C\C/C=C\C/C=C\CCC(=O)OC(COC(=O)CCCCCCC/C=C\CCCCCCCCC)COC1OC(COC2OC(CO)C(O)C(O)C2O)C(O)C(O)C1O. The fourth-order valence-electron chi connectivity index (χ4n) is 7.77. The smallest absolute Gasteiger partial charge is 0.306 e. The Balaban J connectivity index is 1.84. The van der Waals surface area contributed by atoms with Crippen LogP contribution in [0.25, 0.3) is 0 Å². The average molecular weight is 1010 g/mol. The minimum atomic E-state index is -1.78. The van der Waals surface area contributed by atoms with Crippen LogP contribution in [0.5, 0.6) is 0 Å². The molecule has 2 aliphatic rings. The summed E-state index contributed by atoms with van der Waals surface area (Å²) in [4.78, 5) is 25.8. The van der Waals surface area contributed by atoms with Crippen LogP contribution in [0.15, 0.2) is 85.1 Å². The van der Waals surface area contributed by atoms with E-state index in [2.05, 4.69) is 86.8 Å². The molecule has 0 aromatic heterocycles. The van der Waals surface area contributed by atoms with Crippen molar-refractivity contribution in [3.8, 4) is 0 Å². The summed E-state index contributed by atoms with van der Waals surface area (Å²) in [7, 11) is 0. The number of esters is 2. The topological polar surface area (TPSA) is 231 Å². The fraction of sp³-hybridized carbons (Fsp3) is 0.714. The summed E-state index contributed by atoms with van der Waals surface area (Å²) < 4.78 is 33.5. The Labute approximate surface area is 425 Å². The van der Waals surface area contributed by atoms with Crippen LogP contribution in [0.3, 0.4) is 0 Å². The maximum atomic E-state index is 13.0. The second-order valence-corrected chi connectivity index (χ2v) is 18.3. The van der Waals surface area contributed by atoms with Crippen molar-refractivity contribution in [2.75, 3.05) is 26.4 Å². The van der Waals surface area contributed by atoms with Crippen molar-refractivity contribution < 1.29 is 73.8 Å². The second-order valence-electron chi connectivity index (χ2n) is 18.3. The van der Waals surface area contributed by atoms with Crippen molar-refractivity contribution in [3.63, 3.8) is 0 Å². The number of allylic oxidation sites excluding steroid dienone is 14. The molecule has 0 aliphatic carbocycles. The molecule has 15 heteroatoms. The lowest BCUT2D eigenvalue weighted by atomic mass is 9.98. The molecule has 11 unspecified atom stereocenters. The van der Waals surface area contributed by atoms with Gasteiger partial charge in [0.15, 0.2) is 18.7 Å². The third kappa shape index (κ3) is 29.8. The van der Waals surface area contributed by atoms with Gasteiger partial charge in [-0.15, -0.1) is 0 Å². The molecule has 406 valence electrons. The van der Waals surface area contributed by atoms with E-state index in [1.165, 1.54) is 44.9 Å². The highest BCUT2D eigenvalue weighted by Crippen LogP contribution is 2.26. The largest absolute Gasteiger partial charge is 0.462 e. The van der Waals surface area contributed by atoms with Crippen molar-refractivity contribution in [2.24, 2.45) is 0 Å². The predicted molar refractivity (Wildman–Crippen MR) is 275 cm³/mol. The molecular weight excluding hydrogens is 913 g/mol. The van der Waals surface area contributed by atoms with Crippen molar-refractivity contribution in [3.05, 3.63) is 85.1 Å². The van der Waals surface area contributed by atoms with Gasteiger partial charge in [0.2, 0.25) is 0 Å². The Morgan fingerprint density at radius 2 is 0.915 bits per heavy atom. The van der Waals surface area contributed by atoms with Crippen LogP contribution in [-0.4, -0.2) is 142 Å². The van der Waals surface area contributed by atoms with Crippen LogP contribution in [-0.2, 0) is 38.0 Å². The average Bonchev–Trinajstić information content (AvgIpc) is 3.36. The van der Waals surface area contributed by atoms with E-state index in [-0.39, 0.29) is 19.4 Å². The summed E-state index contributed by atoms with van der Waals surface area (Å²) in [6.07, 6.45) is 34.8. The first-order valence-corrected chi connectivity index (χ1v) is 26.7. The van der Waals surface area contributed by atoms with Gasteiger partial charge in [-0.2, -0.15) is 0 Å². The molecule has 0 amide bonds. The van der Waals surface area contributed by atoms with Crippen molar-refractivity contribution in [1.82, 2.24) is 0 Å². The van der Waals surface area contributed by atoms with Crippen LogP contribution in [0.2, 0.25) is 0 Å². The normalized spacial score (nSPS) is 25.9. The molecule has 0 aromatic rings. The predicted octanol–water partition coefficient (Wildman–Crippen LogP) is 7.99. The highest BCUT2D eigenvalue weighted by atomic mass is 16.7. The number of aliphatic hydroxyl groups is 7. The lowest BCUT2D eigenvalue weighted by molar-refractivity contribution is -0.332. The number of carbonyl (C=O) groups excluding carboxylic acids is 2. The Morgan fingerprint density at radius 1 is 0.465 bits per heavy atom. The van der Waals surface area contributed by atoms with Gasteiger partial charge in [0.25, 0.3) is 0 Å². The van der Waals surface area contributed by atoms with Gasteiger partial charge < -0.3 is 64.2 Å². The summed E-state index contributed by atoms with van der Waals surface area (Å²) in [6, 6.07) is 0. The van der Waals surface area contributed by atoms with E-state index in [0.29, 0.717) is 19.3 Å². The molecule has 2 heterocycles. The highest BCUT2D eigenvalue weighted by molar-refractivity contribution is 5.70. The van der Waals surface area contributed by atoms with Crippen LogP contribution < -0.4 is 0 Å². The van der Waals surface area contributed by atoms with Crippen molar-refractivity contribution in [1.29, 1.82) is 0 Å². The third-order valence-electron chi connectivity index (χ3n) is 12.1. The molecule has 0 aromatic carbocycles. The Hall–Kier alpha value is -3.32. The zero-order chi connectivity index (χ0) is 51.7. The molecule has 0 saturated carbocycles. The highest BCUT2D eigenvalue weighted by Gasteiger charge is 2.47. The molecular formula is C56H92O15. The number of unbranched alkanes of at least 4 members (excludes halogenated alkanes) is 12. The second kappa shape index (κ2) is 42.1. The zero-order valence-corrected chi connectivity index (χ0v) is 42.9. The van der Waals surface area contributed by atoms with Crippen molar-refractivity contribution in [2.45, 2.75) is 229 Å². The molecule has 2 fully saturated rings. The van der Waals surface area contributed by atoms with E-state index in [1.807, 2.05) is 12.2 Å². The summed E-state index contributed by atoms with van der Waals surface area (Å²) in [6.45, 7) is 2.38. The lowest BCUT2D eigenvalue weighted by Gasteiger charge is -2.42. The van der Waals surface area contributed by atoms with Crippen LogP contribution >= 0.6 is 0 Å². The van der Waals surface area contributed by atoms with Gasteiger partial charge in [0, 0.05) is 12.8 Å². The van der Waals surface area contributed by atoms with Gasteiger partial charge in [-0.25, -0.2) is 0 Å². The first-order chi connectivity index (χ1) is 34.5. The lowest BCUT2D eigenvalue weighted by Crippen LogP contribution is -2.61. The van der Waals surface area contributed by atoms with Gasteiger partial charge >= 0.3 is 11.9 Å². The fourth-order valence-corrected chi connectivity index (χ4v) is 7.77. The van der Waals surface area contributed by atoms with Gasteiger partial charge in [0.1, 0.15) is 55.4 Å².